The van der Waals surface area contributed by atoms with Crippen LogP contribution in [-0.4, -0.2) is 10.9 Å². The van der Waals surface area contributed by atoms with Crippen molar-refractivity contribution >= 4 is 16.8 Å². The maximum absolute atomic E-state index is 12.2. The Labute approximate surface area is 119 Å². The number of nitrogens with one attached hydrogen (secondary N) is 2. The van der Waals surface area contributed by atoms with E-state index >= 15 is 0 Å². The lowest BCUT2D eigenvalue weighted by Crippen LogP contribution is -2.32. The molecule has 20 heavy (non-hydrogen) atoms. The van der Waals surface area contributed by atoms with Crippen LogP contribution >= 0.6 is 0 Å². The highest BCUT2D eigenvalue weighted by Gasteiger charge is 2.26. The molecule has 3 rings (SSSR count). The highest BCUT2D eigenvalue weighted by atomic mass is 16.1. The number of para-hydroxylation sites is 1. The van der Waals surface area contributed by atoms with Gasteiger partial charge in [-0.3, -0.25) is 4.79 Å². The Morgan fingerprint density at radius 3 is 2.90 bits per heavy atom. The van der Waals surface area contributed by atoms with E-state index in [9.17, 15) is 4.79 Å². The van der Waals surface area contributed by atoms with Gasteiger partial charge < -0.3 is 10.3 Å². The molecule has 2 N–H and O–H groups in total. The zero-order valence-corrected chi connectivity index (χ0v) is 12.0. The van der Waals surface area contributed by atoms with Gasteiger partial charge in [0.2, 0.25) is 5.91 Å². The molecule has 3 heteroatoms. The number of fused-ring (bicyclic) bond motifs is 1. The molecule has 0 aliphatic heterocycles. The van der Waals surface area contributed by atoms with Crippen LogP contribution in [0.1, 0.15) is 38.2 Å². The number of hydrogen-bond acceptors (Lipinski definition) is 1. The number of rotatable bonds is 4. The standard InChI is InChI=1S/C17H22N2O/c1-12(13-6-2-3-7-13)17(20)19-11-14-10-18-16-9-5-4-8-15(14)16/h4-5,8-10,12-13,18H,2-3,6-7,11H2,1H3,(H,19,20). The third kappa shape index (κ3) is 2.58. The zero-order chi connectivity index (χ0) is 13.9. The molecule has 1 heterocycles. The van der Waals surface area contributed by atoms with Crippen molar-refractivity contribution in [3.05, 3.63) is 36.0 Å². The Hall–Kier alpha value is -1.77. The van der Waals surface area contributed by atoms with Crippen LogP contribution in [0.5, 0.6) is 0 Å². The Morgan fingerprint density at radius 2 is 2.10 bits per heavy atom. The summed E-state index contributed by atoms with van der Waals surface area (Å²) in [5, 5.41) is 4.29. The van der Waals surface area contributed by atoms with E-state index in [0.29, 0.717) is 12.5 Å². The number of H-pyrrole nitrogens is 1. The molecule has 1 amide bonds. The van der Waals surface area contributed by atoms with Crippen molar-refractivity contribution in [2.45, 2.75) is 39.2 Å². The van der Waals surface area contributed by atoms with Crippen molar-refractivity contribution in [2.24, 2.45) is 11.8 Å². The third-order valence-electron chi connectivity index (χ3n) is 4.65. The van der Waals surface area contributed by atoms with Crippen LogP contribution in [-0.2, 0) is 11.3 Å². The van der Waals surface area contributed by atoms with Gasteiger partial charge in [-0.15, -0.1) is 0 Å². The lowest BCUT2D eigenvalue weighted by molar-refractivity contribution is -0.126. The van der Waals surface area contributed by atoms with Gasteiger partial charge in [0.25, 0.3) is 0 Å². The summed E-state index contributed by atoms with van der Waals surface area (Å²) >= 11 is 0. The van der Waals surface area contributed by atoms with Crippen molar-refractivity contribution in [2.75, 3.05) is 0 Å². The van der Waals surface area contributed by atoms with Gasteiger partial charge in [0.1, 0.15) is 0 Å². The van der Waals surface area contributed by atoms with Gasteiger partial charge in [-0.1, -0.05) is 38.0 Å². The molecule has 2 aromatic rings. The molecular formula is C17H22N2O. The maximum atomic E-state index is 12.2. The molecule has 3 nitrogen and oxygen atoms in total. The molecule has 0 spiro atoms. The third-order valence-corrected chi connectivity index (χ3v) is 4.65. The van der Waals surface area contributed by atoms with E-state index in [0.717, 1.165) is 11.1 Å². The topological polar surface area (TPSA) is 44.9 Å². The normalized spacial score (nSPS) is 17.4. The summed E-state index contributed by atoms with van der Waals surface area (Å²) < 4.78 is 0. The molecule has 0 radical (unpaired) electrons. The molecule has 1 saturated carbocycles. The number of aromatic nitrogens is 1. The van der Waals surface area contributed by atoms with E-state index in [1.54, 1.807) is 0 Å². The van der Waals surface area contributed by atoms with Crippen molar-refractivity contribution in [1.29, 1.82) is 0 Å². The Balaban J connectivity index is 1.62. The first-order valence-corrected chi connectivity index (χ1v) is 7.58. The molecule has 1 aromatic carbocycles. The number of benzene rings is 1. The minimum atomic E-state index is 0.141. The summed E-state index contributed by atoms with van der Waals surface area (Å²) in [6, 6.07) is 8.20. The number of hydrogen-bond donors (Lipinski definition) is 2. The van der Waals surface area contributed by atoms with Crippen LogP contribution in [0.4, 0.5) is 0 Å². The van der Waals surface area contributed by atoms with Crippen molar-refractivity contribution in [3.8, 4) is 0 Å². The fourth-order valence-electron chi connectivity index (χ4n) is 3.29. The number of amides is 1. The highest BCUT2D eigenvalue weighted by Crippen LogP contribution is 2.31. The summed E-state index contributed by atoms with van der Waals surface area (Å²) in [7, 11) is 0. The summed E-state index contributed by atoms with van der Waals surface area (Å²) in [6.45, 7) is 2.68. The monoisotopic (exact) mass is 270 g/mol. The van der Waals surface area contributed by atoms with E-state index in [1.807, 2.05) is 18.3 Å². The number of carbonyl (C=O) groups is 1. The maximum Gasteiger partial charge on any atom is 0.223 e. The average molecular weight is 270 g/mol. The van der Waals surface area contributed by atoms with Crippen LogP contribution in [0, 0.1) is 11.8 Å². The number of aromatic amines is 1. The van der Waals surface area contributed by atoms with Gasteiger partial charge in [0.15, 0.2) is 0 Å². The molecule has 1 fully saturated rings. The second-order valence-corrected chi connectivity index (χ2v) is 5.91. The van der Waals surface area contributed by atoms with E-state index in [4.69, 9.17) is 0 Å². The van der Waals surface area contributed by atoms with Crippen LogP contribution in [0.25, 0.3) is 10.9 Å². The van der Waals surface area contributed by atoms with E-state index in [1.165, 1.54) is 31.1 Å². The van der Waals surface area contributed by atoms with Crippen LogP contribution in [0.3, 0.4) is 0 Å². The van der Waals surface area contributed by atoms with Crippen molar-refractivity contribution in [1.82, 2.24) is 10.3 Å². The second-order valence-electron chi connectivity index (χ2n) is 5.91. The van der Waals surface area contributed by atoms with Crippen LogP contribution in [0.15, 0.2) is 30.5 Å². The van der Waals surface area contributed by atoms with Gasteiger partial charge in [0, 0.05) is 29.6 Å². The van der Waals surface area contributed by atoms with E-state index in [2.05, 4.69) is 29.4 Å². The molecule has 106 valence electrons. The lowest BCUT2D eigenvalue weighted by Gasteiger charge is -2.18. The average Bonchev–Trinajstić information content (AvgIpc) is 3.13. The summed E-state index contributed by atoms with van der Waals surface area (Å²) in [6.07, 6.45) is 6.98. The predicted molar refractivity (Wildman–Crippen MR) is 81.3 cm³/mol. The Morgan fingerprint density at radius 1 is 1.35 bits per heavy atom. The van der Waals surface area contributed by atoms with E-state index in [-0.39, 0.29) is 11.8 Å². The van der Waals surface area contributed by atoms with Gasteiger partial charge in [-0.05, 0) is 30.4 Å². The second kappa shape index (κ2) is 5.70. The molecule has 1 atom stereocenters. The molecule has 1 aromatic heterocycles. The van der Waals surface area contributed by atoms with Crippen molar-refractivity contribution in [3.63, 3.8) is 0 Å². The summed E-state index contributed by atoms with van der Waals surface area (Å²) in [4.78, 5) is 15.5. The van der Waals surface area contributed by atoms with Crippen LogP contribution in [0.2, 0.25) is 0 Å². The fourth-order valence-corrected chi connectivity index (χ4v) is 3.29. The molecule has 1 unspecified atom stereocenters. The molecule has 0 bridgehead atoms. The minimum absolute atomic E-state index is 0.141. The first-order valence-electron chi connectivity index (χ1n) is 7.58. The van der Waals surface area contributed by atoms with Crippen LogP contribution < -0.4 is 5.32 Å². The smallest absolute Gasteiger partial charge is 0.223 e. The van der Waals surface area contributed by atoms with Gasteiger partial charge in [0.05, 0.1) is 0 Å². The van der Waals surface area contributed by atoms with Gasteiger partial charge in [-0.25, -0.2) is 0 Å². The Kier molecular flexibility index (Phi) is 3.77. The first kappa shape index (κ1) is 13.2. The predicted octanol–water partition coefficient (Wildman–Crippen LogP) is 3.61. The molecule has 1 aliphatic carbocycles. The number of carbonyl (C=O) groups excluding carboxylic acids is 1. The van der Waals surface area contributed by atoms with Crippen molar-refractivity contribution < 1.29 is 4.79 Å². The highest BCUT2D eigenvalue weighted by molar-refractivity contribution is 5.84. The van der Waals surface area contributed by atoms with Gasteiger partial charge >= 0.3 is 0 Å². The summed E-state index contributed by atoms with van der Waals surface area (Å²) in [5.74, 6) is 0.919. The first-order chi connectivity index (χ1) is 9.75. The minimum Gasteiger partial charge on any atom is -0.361 e. The van der Waals surface area contributed by atoms with E-state index < -0.39 is 0 Å². The summed E-state index contributed by atoms with van der Waals surface area (Å²) in [5.41, 5.74) is 2.29. The quantitative estimate of drug-likeness (QED) is 0.875. The SMILES string of the molecule is CC(C(=O)NCc1c[nH]c2ccccc12)C1CCCC1. The van der Waals surface area contributed by atoms with Gasteiger partial charge in [-0.2, -0.15) is 0 Å². The zero-order valence-electron chi connectivity index (χ0n) is 12.0. The Bertz CT molecular complexity index is 596. The lowest BCUT2D eigenvalue weighted by atomic mass is 9.92. The molecular weight excluding hydrogens is 248 g/mol. The molecule has 0 saturated heterocycles. The fraction of sp³-hybridized carbons (Fsp3) is 0.471. The largest absolute Gasteiger partial charge is 0.361 e. The molecule has 1 aliphatic rings.